The third-order valence-corrected chi connectivity index (χ3v) is 6.77. The summed E-state index contributed by atoms with van der Waals surface area (Å²) in [5, 5.41) is 32.2. The largest absolute Gasteiger partial charge is 0.394 e. The summed E-state index contributed by atoms with van der Waals surface area (Å²) in [4.78, 5) is 8.05. The Hall–Kier alpha value is -2.12. The van der Waals surface area contributed by atoms with E-state index in [9.17, 15) is 14.6 Å². The average Bonchev–Trinajstić information content (AvgIpc) is 3.41. The van der Waals surface area contributed by atoms with Crippen LogP contribution in [0.3, 0.4) is 0 Å². The second kappa shape index (κ2) is 10.0. The van der Waals surface area contributed by atoms with E-state index >= 15 is 0 Å². The number of hydrogen-bond acceptors (Lipinski definition) is 9. The highest BCUT2D eigenvalue weighted by Gasteiger charge is 2.47. The molecule has 174 valence electrons. The van der Waals surface area contributed by atoms with Crippen molar-refractivity contribution in [3.63, 3.8) is 0 Å². The maximum Gasteiger partial charge on any atom is 0.283 e. The molecule has 1 saturated heterocycles. The van der Waals surface area contributed by atoms with E-state index in [4.69, 9.17) is 27.6 Å². The number of methoxy groups -OCH3 is 1. The number of ether oxygens (including phenoxy) is 2. The van der Waals surface area contributed by atoms with Gasteiger partial charge >= 0.3 is 0 Å². The quantitative estimate of drug-likeness (QED) is 0.437. The summed E-state index contributed by atoms with van der Waals surface area (Å²) < 4.78 is 28.3. The number of nitrogens with zero attached hydrogens (tertiary/aromatic N) is 7. The first-order valence-electron chi connectivity index (χ1n) is 9.36. The highest BCUT2D eigenvalue weighted by Crippen LogP contribution is 2.42. The van der Waals surface area contributed by atoms with E-state index in [1.165, 1.54) is 35.9 Å². The Morgan fingerprint density at radius 1 is 1.45 bits per heavy atom. The molecule has 0 amide bonds. The van der Waals surface area contributed by atoms with Crippen molar-refractivity contribution in [1.82, 2.24) is 29.8 Å². The molecule has 2 N–H and O–H groups in total. The highest BCUT2D eigenvalue weighted by atomic mass is 79.9. The van der Waals surface area contributed by atoms with E-state index in [1.54, 1.807) is 6.07 Å². The van der Waals surface area contributed by atoms with Gasteiger partial charge in [-0.1, -0.05) is 23.4 Å². The zero-order chi connectivity index (χ0) is 23.7. The lowest BCUT2D eigenvalue weighted by Crippen LogP contribution is -2.55. The zero-order valence-electron chi connectivity index (χ0n) is 16.8. The van der Waals surface area contributed by atoms with Gasteiger partial charge in [-0.05, 0) is 22.0 Å². The molecule has 15 heteroatoms. The van der Waals surface area contributed by atoms with E-state index in [0.29, 0.717) is 9.37 Å². The van der Waals surface area contributed by atoms with Crippen LogP contribution in [0.2, 0.25) is 5.15 Å². The van der Waals surface area contributed by atoms with Crippen LogP contribution in [0.15, 0.2) is 34.0 Å². The SMILES string of the molecule is [C-]#[N+]c1ncc(Br)cc1S[C@H]1OC(CO)[C@H](O)[C@H](n2cc(-n3cc(F)c(Cl)n3)nn2)C1OC. The second-order valence-electron chi connectivity index (χ2n) is 6.88. The number of aliphatic hydroxyl groups is 2. The smallest absolute Gasteiger partial charge is 0.283 e. The molecule has 0 spiro atoms. The molecular weight excluding hydrogens is 545 g/mol. The zero-order valence-corrected chi connectivity index (χ0v) is 19.9. The van der Waals surface area contributed by atoms with Crippen LogP contribution in [0, 0.1) is 12.4 Å². The Morgan fingerprint density at radius 2 is 2.24 bits per heavy atom. The molecule has 2 unspecified atom stereocenters. The van der Waals surface area contributed by atoms with Crippen LogP contribution in [0.25, 0.3) is 10.7 Å². The number of hydrogen-bond donors (Lipinski definition) is 2. The van der Waals surface area contributed by atoms with Gasteiger partial charge in [0.1, 0.15) is 36.0 Å². The molecule has 4 rings (SSSR count). The van der Waals surface area contributed by atoms with E-state index in [-0.39, 0.29) is 16.8 Å². The molecule has 0 radical (unpaired) electrons. The van der Waals surface area contributed by atoms with Crippen molar-refractivity contribution in [3.05, 3.63) is 51.5 Å². The highest BCUT2D eigenvalue weighted by molar-refractivity contribution is 9.10. The van der Waals surface area contributed by atoms with Crippen molar-refractivity contribution in [1.29, 1.82) is 0 Å². The van der Waals surface area contributed by atoms with Gasteiger partial charge in [0.05, 0.1) is 23.5 Å². The summed E-state index contributed by atoms with van der Waals surface area (Å²) in [5.41, 5.74) is -0.749. The average molecular weight is 561 g/mol. The second-order valence-corrected chi connectivity index (χ2v) is 9.29. The van der Waals surface area contributed by atoms with E-state index in [1.807, 2.05) is 0 Å². The lowest BCUT2D eigenvalue weighted by molar-refractivity contribution is -0.186. The van der Waals surface area contributed by atoms with Gasteiger partial charge in [-0.15, -0.1) is 21.8 Å². The lowest BCUT2D eigenvalue weighted by Gasteiger charge is -2.43. The van der Waals surface area contributed by atoms with Gasteiger partial charge < -0.3 is 24.5 Å². The van der Waals surface area contributed by atoms with Gasteiger partial charge in [-0.3, -0.25) is 0 Å². The summed E-state index contributed by atoms with van der Waals surface area (Å²) in [5.74, 6) is -0.391. The fraction of sp³-hybridized carbons (Fsp3) is 0.389. The first-order chi connectivity index (χ1) is 15.9. The topological polar surface area (TPSA) is 125 Å². The monoisotopic (exact) mass is 559 g/mol. The molecule has 3 aromatic rings. The van der Waals surface area contributed by atoms with E-state index in [2.05, 4.69) is 41.2 Å². The molecule has 1 aliphatic rings. The first kappa shape index (κ1) is 24.0. The Morgan fingerprint density at radius 3 is 2.88 bits per heavy atom. The first-order valence-corrected chi connectivity index (χ1v) is 11.4. The summed E-state index contributed by atoms with van der Waals surface area (Å²) in [6, 6.07) is 0.880. The molecule has 33 heavy (non-hydrogen) atoms. The van der Waals surface area contributed by atoms with Crippen molar-refractivity contribution < 1.29 is 24.1 Å². The number of rotatable bonds is 6. The predicted octanol–water partition coefficient (Wildman–Crippen LogP) is 2.39. The van der Waals surface area contributed by atoms with Gasteiger partial charge in [0.25, 0.3) is 5.82 Å². The summed E-state index contributed by atoms with van der Waals surface area (Å²) in [6.07, 6.45) is 1.03. The summed E-state index contributed by atoms with van der Waals surface area (Å²) in [6.45, 7) is 6.89. The maximum atomic E-state index is 13.6. The molecule has 5 atom stereocenters. The number of aromatic nitrogens is 6. The van der Waals surface area contributed by atoms with Gasteiger partial charge in [0, 0.05) is 12.0 Å². The Labute approximate surface area is 204 Å². The minimum atomic E-state index is -1.22. The minimum Gasteiger partial charge on any atom is -0.394 e. The molecule has 1 fully saturated rings. The van der Waals surface area contributed by atoms with Crippen LogP contribution in [0.4, 0.5) is 10.2 Å². The summed E-state index contributed by atoms with van der Waals surface area (Å²) >= 11 is 10.2. The van der Waals surface area contributed by atoms with Crippen LogP contribution in [-0.4, -0.2) is 77.4 Å². The van der Waals surface area contributed by atoms with Crippen molar-refractivity contribution >= 4 is 45.1 Å². The van der Waals surface area contributed by atoms with Crippen molar-refractivity contribution in [2.24, 2.45) is 0 Å². The standard InChI is InChI=1S/C18H16BrClFN7O4S/c1-22-17-11(3-8(19)4-23-17)33-18-15(31-2)13(14(30)10(7-29)32-18)28-6-12(24-26-28)27-5-9(21)16(20)25-27/h3-6,10,13-15,18,29-30H,7H2,2H3/t10?,13-,14-,15?,18+/m0/s1. The number of halogens is 3. The third-order valence-electron chi connectivity index (χ3n) is 4.91. The normalized spacial score (nSPS) is 25.2. The predicted molar refractivity (Wildman–Crippen MR) is 118 cm³/mol. The molecule has 3 aromatic heterocycles. The molecule has 11 nitrogen and oxygen atoms in total. The number of aliphatic hydroxyl groups excluding tert-OH is 2. The Balaban J connectivity index is 1.68. The molecule has 0 aliphatic carbocycles. The molecule has 0 saturated carbocycles. The van der Waals surface area contributed by atoms with Crippen molar-refractivity contribution in [2.45, 2.75) is 34.7 Å². The van der Waals surface area contributed by atoms with Crippen LogP contribution in [-0.2, 0) is 9.47 Å². The fourth-order valence-corrected chi connectivity index (χ4v) is 5.25. The molecule has 4 heterocycles. The lowest BCUT2D eigenvalue weighted by atomic mass is 9.97. The minimum absolute atomic E-state index is 0.158. The van der Waals surface area contributed by atoms with Gasteiger partial charge in [0.2, 0.25) is 0 Å². The fourth-order valence-electron chi connectivity index (χ4n) is 3.39. The van der Waals surface area contributed by atoms with Crippen molar-refractivity contribution in [2.75, 3.05) is 13.7 Å². The van der Waals surface area contributed by atoms with Crippen LogP contribution in [0.1, 0.15) is 6.04 Å². The van der Waals surface area contributed by atoms with Crippen molar-refractivity contribution in [3.8, 4) is 5.82 Å². The van der Waals surface area contributed by atoms with E-state index in [0.717, 1.165) is 10.9 Å². The van der Waals surface area contributed by atoms with E-state index < -0.39 is 42.2 Å². The molecule has 0 aromatic carbocycles. The molecule has 1 aliphatic heterocycles. The van der Waals surface area contributed by atoms with Gasteiger partial charge in [-0.2, -0.15) is 5.10 Å². The molecular formula is C18H16BrClFN7O4S. The summed E-state index contributed by atoms with van der Waals surface area (Å²) in [7, 11) is 1.44. The van der Waals surface area contributed by atoms with Gasteiger partial charge in [0.15, 0.2) is 16.8 Å². The number of pyridine rings is 1. The maximum absolute atomic E-state index is 13.6. The van der Waals surface area contributed by atoms with Crippen LogP contribution < -0.4 is 0 Å². The molecule has 0 bridgehead atoms. The van der Waals surface area contributed by atoms with Gasteiger partial charge in [-0.25, -0.2) is 13.8 Å². The number of thioether (sulfide) groups is 1. The van der Waals surface area contributed by atoms with Crippen LogP contribution in [0.5, 0.6) is 0 Å². The Kier molecular flexibility index (Phi) is 7.29. The third kappa shape index (κ3) is 4.76. The van der Waals surface area contributed by atoms with Crippen LogP contribution >= 0.6 is 39.3 Å². The Bertz CT molecular complexity index is 1170.